The minimum absolute atomic E-state index is 0.217. The maximum absolute atomic E-state index is 14.2. The number of phenols is 1. The molecule has 4 rings (SSSR count). The van der Waals surface area contributed by atoms with E-state index >= 15 is 0 Å². The third-order valence-electron chi connectivity index (χ3n) is 4.15. The van der Waals surface area contributed by atoms with Crippen molar-refractivity contribution in [2.24, 2.45) is 0 Å². The molecule has 2 aromatic carbocycles. The highest BCUT2D eigenvalue weighted by molar-refractivity contribution is 5.66. The minimum Gasteiger partial charge on any atom is -0.508 e. The Bertz CT molecular complexity index is 855. The van der Waals surface area contributed by atoms with Gasteiger partial charge in [-0.15, -0.1) is 0 Å². The average Bonchev–Trinajstić information content (AvgIpc) is 2.96. The summed E-state index contributed by atoms with van der Waals surface area (Å²) in [6.07, 6.45) is 0.800. The topological polar surface area (TPSA) is 50.1 Å². The predicted molar refractivity (Wildman–Crippen MR) is 86.0 cm³/mol. The Balaban J connectivity index is 1.92. The molecule has 0 fully saturated rings. The number of nitrogens with zero attached hydrogens (tertiary/aromatic N) is 2. The summed E-state index contributed by atoms with van der Waals surface area (Å²) in [6.45, 7) is 1.56. The van der Waals surface area contributed by atoms with Gasteiger partial charge < -0.3 is 10.4 Å². The zero-order chi connectivity index (χ0) is 15.8. The van der Waals surface area contributed by atoms with E-state index in [-0.39, 0.29) is 11.6 Å². The van der Waals surface area contributed by atoms with Crippen molar-refractivity contribution in [3.05, 3.63) is 65.6 Å². The maximum atomic E-state index is 14.2. The molecule has 0 saturated heterocycles. The summed E-state index contributed by atoms with van der Waals surface area (Å²) in [5.74, 6) is -0.0668. The van der Waals surface area contributed by atoms with Crippen molar-refractivity contribution in [3.63, 3.8) is 0 Å². The van der Waals surface area contributed by atoms with Crippen molar-refractivity contribution < 1.29 is 9.50 Å². The number of hydrogen-bond donors (Lipinski definition) is 2. The van der Waals surface area contributed by atoms with Crippen LogP contribution in [0.2, 0.25) is 0 Å². The molecule has 0 aliphatic carbocycles. The number of halogens is 1. The highest BCUT2D eigenvalue weighted by Crippen LogP contribution is 2.30. The lowest BCUT2D eigenvalue weighted by atomic mass is 10.0. The van der Waals surface area contributed by atoms with E-state index in [1.54, 1.807) is 28.9 Å². The molecule has 1 aliphatic heterocycles. The lowest BCUT2D eigenvalue weighted by Gasteiger charge is -2.16. The van der Waals surface area contributed by atoms with Crippen LogP contribution in [0.15, 0.2) is 48.5 Å². The van der Waals surface area contributed by atoms with E-state index in [9.17, 15) is 9.50 Å². The standard InChI is InChI=1S/C18H16FN3O/c19-15-3-1-2-4-17(15)22-16-9-10-20-11-14(16)18(21-22)12-5-7-13(23)8-6-12/h1-8,20,23H,9-11H2. The lowest BCUT2D eigenvalue weighted by molar-refractivity contribution is 0.475. The highest BCUT2D eigenvalue weighted by atomic mass is 19.1. The second-order valence-corrected chi connectivity index (χ2v) is 5.61. The fourth-order valence-electron chi connectivity index (χ4n) is 3.02. The number of fused-ring (bicyclic) bond motifs is 1. The van der Waals surface area contributed by atoms with Gasteiger partial charge in [-0.25, -0.2) is 9.07 Å². The Hall–Kier alpha value is -2.66. The van der Waals surface area contributed by atoms with Crippen LogP contribution in [0, 0.1) is 5.82 Å². The van der Waals surface area contributed by atoms with Crippen molar-refractivity contribution in [1.82, 2.24) is 15.1 Å². The zero-order valence-electron chi connectivity index (χ0n) is 12.5. The molecule has 1 aliphatic rings. The van der Waals surface area contributed by atoms with Crippen LogP contribution in [-0.4, -0.2) is 21.4 Å². The second-order valence-electron chi connectivity index (χ2n) is 5.61. The largest absolute Gasteiger partial charge is 0.508 e. The Morgan fingerprint density at radius 2 is 1.87 bits per heavy atom. The molecule has 116 valence electrons. The fourth-order valence-corrected chi connectivity index (χ4v) is 3.02. The van der Waals surface area contributed by atoms with Gasteiger partial charge >= 0.3 is 0 Å². The molecule has 4 nitrogen and oxygen atoms in total. The van der Waals surface area contributed by atoms with Crippen LogP contribution in [0.5, 0.6) is 5.75 Å². The molecule has 2 N–H and O–H groups in total. The zero-order valence-corrected chi connectivity index (χ0v) is 12.5. The van der Waals surface area contributed by atoms with Crippen LogP contribution in [0.4, 0.5) is 4.39 Å². The Morgan fingerprint density at radius 3 is 2.65 bits per heavy atom. The summed E-state index contributed by atoms with van der Waals surface area (Å²) in [6, 6.07) is 13.6. The first kappa shape index (κ1) is 14.0. The number of benzene rings is 2. The summed E-state index contributed by atoms with van der Waals surface area (Å²) < 4.78 is 15.9. The molecule has 1 aromatic heterocycles. The normalized spacial score (nSPS) is 13.8. The van der Waals surface area contributed by atoms with Crippen LogP contribution in [0.3, 0.4) is 0 Å². The number of phenolic OH excluding ortho intramolecular Hbond substituents is 1. The van der Waals surface area contributed by atoms with Crippen molar-refractivity contribution in [2.45, 2.75) is 13.0 Å². The predicted octanol–water partition coefficient (Wildman–Crippen LogP) is 3.03. The van der Waals surface area contributed by atoms with E-state index in [4.69, 9.17) is 0 Å². The van der Waals surface area contributed by atoms with Crippen LogP contribution in [0.1, 0.15) is 11.3 Å². The van der Waals surface area contributed by atoms with Gasteiger partial charge in [-0.2, -0.15) is 5.10 Å². The van der Waals surface area contributed by atoms with Gasteiger partial charge in [0.15, 0.2) is 0 Å². The fraction of sp³-hybridized carbons (Fsp3) is 0.167. The molecule has 0 amide bonds. The molecule has 0 atom stereocenters. The molecule has 2 heterocycles. The highest BCUT2D eigenvalue weighted by Gasteiger charge is 2.23. The molecule has 23 heavy (non-hydrogen) atoms. The quantitative estimate of drug-likeness (QED) is 0.765. The van der Waals surface area contributed by atoms with Gasteiger partial charge in [-0.3, -0.25) is 0 Å². The first-order valence-corrected chi connectivity index (χ1v) is 7.60. The van der Waals surface area contributed by atoms with Crippen LogP contribution in [-0.2, 0) is 13.0 Å². The minimum atomic E-state index is -0.284. The molecule has 0 unspecified atom stereocenters. The van der Waals surface area contributed by atoms with Crippen molar-refractivity contribution >= 4 is 0 Å². The number of hydrogen-bond acceptors (Lipinski definition) is 3. The third-order valence-corrected chi connectivity index (χ3v) is 4.15. The molecule has 0 radical (unpaired) electrons. The van der Waals surface area contributed by atoms with Gasteiger partial charge in [-0.1, -0.05) is 12.1 Å². The molecule has 0 saturated carbocycles. The Morgan fingerprint density at radius 1 is 1.09 bits per heavy atom. The first-order chi connectivity index (χ1) is 11.2. The second kappa shape index (κ2) is 5.52. The summed E-state index contributed by atoms with van der Waals surface area (Å²) in [4.78, 5) is 0. The van der Waals surface area contributed by atoms with E-state index in [0.29, 0.717) is 12.2 Å². The number of rotatable bonds is 2. The lowest BCUT2D eigenvalue weighted by Crippen LogP contribution is -2.24. The summed E-state index contributed by atoms with van der Waals surface area (Å²) >= 11 is 0. The first-order valence-electron chi connectivity index (χ1n) is 7.60. The molecule has 0 spiro atoms. The van der Waals surface area contributed by atoms with Crippen LogP contribution >= 0.6 is 0 Å². The third kappa shape index (κ3) is 2.39. The average molecular weight is 309 g/mol. The van der Waals surface area contributed by atoms with Gasteiger partial charge in [-0.05, 0) is 36.4 Å². The van der Waals surface area contributed by atoms with E-state index in [2.05, 4.69) is 10.4 Å². The molecular formula is C18H16FN3O. The molecule has 3 aromatic rings. The SMILES string of the molecule is Oc1ccc(-c2nn(-c3ccccc3F)c3c2CNCC3)cc1. The van der Waals surface area contributed by atoms with Crippen LogP contribution < -0.4 is 5.32 Å². The molecular weight excluding hydrogens is 293 g/mol. The Kier molecular flexibility index (Phi) is 3.35. The van der Waals surface area contributed by atoms with Crippen molar-refractivity contribution in [2.75, 3.05) is 6.54 Å². The monoisotopic (exact) mass is 309 g/mol. The van der Waals surface area contributed by atoms with E-state index in [1.165, 1.54) is 6.07 Å². The van der Waals surface area contributed by atoms with Gasteiger partial charge in [0.25, 0.3) is 0 Å². The number of para-hydroxylation sites is 1. The van der Waals surface area contributed by atoms with Gasteiger partial charge in [0, 0.05) is 30.6 Å². The van der Waals surface area contributed by atoms with Crippen molar-refractivity contribution in [3.8, 4) is 22.7 Å². The summed E-state index contributed by atoms with van der Waals surface area (Å²) in [5, 5.41) is 17.5. The summed E-state index contributed by atoms with van der Waals surface area (Å²) in [5.41, 5.74) is 4.34. The smallest absolute Gasteiger partial charge is 0.148 e. The molecule has 5 heteroatoms. The van der Waals surface area contributed by atoms with Crippen LogP contribution in [0.25, 0.3) is 16.9 Å². The van der Waals surface area contributed by atoms with Gasteiger partial charge in [0.05, 0.1) is 11.4 Å². The number of aromatic hydroxyl groups is 1. The van der Waals surface area contributed by atoms with Gasteiger partial charge in [0.1, 0.15) is 17.3 Å². The number of nitrogens with one attached hydrogen (secondary N) is 1. The summed E-state index contributed by atoms with van der Waals surface area (Å²) in [7, 11) is 0. The molecule has 0 bridgehead atoms. The van der Waals surface area contributed by atoms with E-state index in [0.717, 1.165) is 35.5 Å². The Labute approximate surface area is 133 Å². The van der Waals surface area contributed by atoms with Gasteiger partial charge in [0.2, 0.25) is 0 Å². The van der Waals surface area contributed by atoms with E-state index < -0.39 is 0 Å². The van der Waals surface area contributed by atoms with E-state index in [1.807, 2.05) is 18.2 Å². The number of aromatic nitrogens is 2. The maximum Gasteiger partial charge on any atom is 0.148 e. The van der Waals surface area contributed by atoms with Crippen molar-refractivity contribution in [1.29, 1.82) is 0 Å².